The zero-order valence-corrected chi connectivity index (χ0v) is 15.9. The van der Waals surface area contributed by atoms with E-state index in [4.69, 9.17) is 15.5 Å². The number of nitrogens with two attached hydrogens (primary N) is 1. The molecule has 6 heteroatoms. The van der Waals surface area contributed by atoms with Crippen LogP contribution >= 0.6 is 11.8 Å². The quantitative estimate of drug-likeness (QED) is 0.540. The third kappa shape index (κ3) is 4.78. The van der Waals surface area contributed by atoms with Gasteiger partial charge in [-0.05, 0) is 48.0 Å². The lowest BCUT2D eigenvalue weighted by Gasteiger charge is -2.28. The van der Waals surface area contributed by atoms with Crippen LogP contribution in [-0.2, 0) is 11.2 Å². The van der Waals surface area contributed by atoms with E-state index in [-0.39, 0.29) is 0 Å². The minimum absolute atomic E-state index is 0.722. The largest absolute Gasteiger partial charge is 0.399 e. The van der Waals surface area contributed by atoms with E-state index >= 15 is 0 Å². The smallest absolute Gasteiger partial charge is 0.133 e. The summed E-state index contributed by atoms with van der Waals surface area (Å²) in [5.41, 5.74) is 8.97. The Morgan fingerprint density at radius 1 is 0.963 bits per heavy atom. The fourth-order valence-corrected chi connectivity index (χ4v) is 3.80. The molecule has 1 fully saturated rings. The van der Waals surface area contributed by atoms with Crippen LogP contribution in [0.2, 0.25) is 0 Å². The summed E-state index contributed by atoms with van der Waals surface area (Å²) in [4.78, 5) is 12.6. The van der Waals surface area contributed by atoms with E-state index in [0.29, 0.717) is 0 Å². The van der Waals surface area contributed by atoms with E-state index in [9.17, 15) is 0 Å². The second kappa shape index (κ2) is 8.41. The molecular formula is C21H22N4OS. The number of hydrogen-bond donors (Lipinski definition) is 1. The van der Waals surface area contributed by atoms with Gasteiger partial charge in [0, 0.05) is 42.0 Å². The van der Waals surface area contributed by atoms with Crippen molar-refractivity contribution in [2.45, 2.75) is 16.3 Å². The van der Waals surface area contributed by atoms with Crippen LogP contribution in [0.5, 0.6) is 0 Å². The predicted octanol–water partition coefficient (Wildman–Crippen LogP) is 3.64. The van der Waals surface area contributed by atoms with Crippen molar-refractivity contribution in [2.75, 3.05) is 36.9 Å². The van der Waals surface area contributed by atoms with Crippen molar-refractivity contribution in [2.24, 2.45) is 0 Å². The third-order valence-corrected chi connectivity index (χ3v) is 5.40. The Morgan fingerprint density at radius 3 is 2.44 bits per heavy atom. The van der Waals surface area contributed by atoms with Crippen LogP contribution in [0.4, 0.5) is 11.4 Å². The molecule has 0 atom stereocenters. The highest BCUT2D eigenvalue weighted by molar-refractivity contribution is 7.99. The van der Waals surface area contributed by atoms with Gasteiger partial charge in [0.15, 0.2) is 0 Å². The summed E-state index contributed by atoms with van der Waals surface area (Å²) in [6.07, 6.45) is 2.55. The van der Waals surface area contributed by atoms with Crippen molar-refractivity contribution in [1.82, 2.24) is 9.97 Å². The molecule has 27 heavy (non-hydrogen) atoms. The van der Waals surface area contributed by atoms with E-state index in [1.54, 1.807) is 11.8 Å². The highest BCUT2D eigenvalue weighted by Gasteiger charge is 2.11. The van der Waals surface area contributed by atoms with Crippen molar-refractivity contribution in [3.63, 3.8) is 0 Å². The van der Waals surface area contributed by atoms with Crippen LogP contribution in [0, 0.1) is 0 Å². The van der Waals surface area contributed by atoms with E-state index in [1.807, 2.05) is 36.5 Å². The molecule has 2 heterocycles. The molecule has 1 aliphatic heterocycles. The average Bonchev–Trinajstić information content (AvgIpc) is 2.71. The monoisotopic (exact) mass is 378 g/mol. The molecule has 0 saturated carbocycles. The molecule has 0 aliphatic carbocycles. The molecular weight excluding hydrogens is 356 g/mol. The molecule has 2 N–H and O–H groups in total. The predicted molar refractivity (Wildman–Crippen MR) is 109 cm³/mol. The number of benzene rings is 2. The fraction of sp³-hybridized carbons (Fsp3) is 0.238. The normalized spacial score (nSPS) is 14.3. The minimum atomic E-state index is 0.722. The number of nitrogens with zero attached hydrogens (tertiary/aromatic N) is 3. The van der Waals surface area contributed by atoms with E-state index in [0.717, 1.165) is 54.2 Å². The van der Waals surface area contributed by atoms with E-state index in [2.05, 4.69) is 34.1 Å². The van der Waals surface area contributed by atoms with Crippen LogP contribution in [-0.4, -0.2) is 36.3 Å². The van der Waals surface area contributed by atoms with Gasteiger partial charge in [0.2, 0.25) is 0 Å². The van der Waals surface area contributed by atoms with Gasteiger partial charge in [-0.1, -0.05) is 23.9 Å². The summed E-state index contributed by atoms with van der Waals surface area (Å²) in [7, 11) is 0. The van der Waals surface area contributed by atoms with Crippen molar-refractivity contribution in [3.05, 3.63) is 72.2 Å². The van der Waals surface area contributed by atoms with E-state index < -0.39 is 0 Å². The first-order valence-electron chi connectivity index (χ1n) is 9.03. The first-order chi connectivity index (χ1) is 13.3. The first kappa shape index (κ1) is 17.8. The molecule has 0 bridgehead atoms. The third-order valence-electron chi connectivity index (χ3n) is 4.46. The van der Waals surface area contributed by atoms with Crippen molar-refractivity contribution >= 4 is 23.1 Å². The topological polar surface area (TPSA) is 64.3 Å². The molecule has 0 spiro atoms. The second-order valence-electron chi connectivity index (χ2n) is 6.42. The number of rotatable bonds is 5. The Hall–Kier alpha value is -2.57. The zero-order valence-electron chi connectivity index (χ0n) is 15.0. The van der Waals surface area contributed by atoms with Crippen molar-refractivity contribution in [3.8, 4) is 0 Å². The van der Waals surface area contributed by atoms with Gasteiger partial charge >= 0.3 is 0 Å². The highest BCUT2D eigenvalue weighted by Crippen LogP contribution is 2.26. The number of aromatic nitrogens is 2. The number of morpholine rings is 1. The first-order valence-corrected chi connectivity index (χ1v) is 9.85. The van der Waals surface area contributed by atoms with Crippen molar-refractivity contribution in [1.29, 1.82) is 0 Å². The van der Waals surface area contributed by atoms with Gasteiger partial charge in [0.05, 0.1) is 13.2 Å². The standard InChI is InChI=1S/C21H22N4OS/c22-17-3-7-19(8-4-17)27-21-9-10-23-20(24-21)15-16-1-5-18(6-2-16)25-11-13-26-14-12-25/h1-10H,11-15,22H2. The van der Waals surface area contributed by atoms with Gasteiger partial charge in [-0.15, -0.1) is 0 Å². The number of ether oxygens (including phenoxy) is 1. The Morgan fingerprint density at radius 2 is 1.70 bits per heavy atom. The molecule has 0 unspecified atom stereocenters. The van der Waals surface area contributed by atoms with Crippen molar-refractivity contribution < 1.29 is 4.74 Å². The Bertz CT molecular complexity index is 877. The minimum Gasteiger partial charge on any atom is -0.399 e. The lowest BCUT2D eigenvalue weighted by Crippen LogP contribution is -2.36. The number of nitrogen functional groups attached to an aromatic ring is 1. The summed E-state index contributed by atoms with van der Waals surface area (Å²) in [6, 6.07) is 18.4. The molecule has 5 nitrogen and oxygen atoms in total. The number of hydrogen-bond acceptors (Lipinski definition) is 6. The molecule has 1 aromatic heterocycles. The molecule has 1 saturated heterocycles. The van der Waals surface area contributed by atoms with E-state index in [1.165, 1.54) is 11.3 Å². The van der Waals surface area contributed by atoms with Crippen LogP contribution in [0.3, 0.4) is 0 Å². The summed E-state index contributed by atoms with van der Waals surface area (Å²) in [6.45, 7) is 3.50. The molecule has 0 radical (unpaired) electrons. The van der Waals surface area contributed by atoms with Gasteiger partial charge in [-0.25, -0.2) is 9.97 Å². The second-order valence-corrected chi connectivity index (χ2v) is 7.52. The molecule has 138 valence electrons. The molecule has 2 aromatic carbocycles. The van der Waals surface area contributed by atoms with Gasteiger partial charge in [-0.3, -0.25) is 0 Å². The SMILES string of the molecule is Nc1ccc(Sc2ccnc(Cc3ccc(N4CCOCC4)cc3)n2)cc1. The van der Waals surface area contributed by atoms with Crippen LogP contribution in [0.1, 0.15) is 11.4 Å². The lowest BCUT2D eigenvalue weighted by molar-refractivity contribution is 0.122. The Kier molecular flexibility index (Phi) is 5.55. The van der Waals surface area contributed by atoms with Gasteiger partial charge < -0.3 is 15.4 Å². The Balaban J connectivity index is 1.42. The zero-order chi connectivity index (χ0) is 18.5. The molecule has 0 amide bonds. The van der Waals surface area contributed by atoms with Gasteiger partial charge in [-0.2, -0.15) is 0 Å². The summed E-state index contributed by atoms with van der Waals surface area (Å²) in [5.74, 6) is 0.828. The molecule has 4 rings (SSSR count). The van der Waals surface area contributed by atoms with Crippen LogP contribution < -0.4 is 10.6 Å². The molecule has 3 aromatic rings. The van der Waals surface area contributed by atoms with Gasteiger partial charge in [0.1, 0.15) is 10.9 Å². The van der Waals surface area contributed by atoms with Crippen LogP contribution in [0.25, 0.3) is 0 Å². The average molecular weight is 379 g/mol. The summed E-state index contributed by atoms with van der Waals surface area (Å²) < 4.78 is 5.42. The summed E-state index contributed by atoms with van der Waals surface area (Å²) in [5, 5.41) is 0.940. The maximum atomic E-state index is 5.74. The molecule has 1 aliphatic rings. The maximum absolute atomic E-state index is 5.74. The highest BCUT2D eigenvalue weighted by atomic mass is 32.2. The van der Waals surface area contributed by atoms with Crippen LogP contribution in [0.15, 0.2) is 70.7 Å². The van der Waals surface area contributed by atoms with Gasteiger partial charge in [0.25, 0.3) is 0 Å². The fourth-order valence-electron chi connectivity index (χ4n) is 3.01. The lowest BCUT2D eigenvalue weighted by atomic mass is 10.1. The summed E-state index contributed by atoms with van der Waals surface area (Å²) >= 11 is 1.62. The Labute approximate surface area is 163 Å². The maximum Gasteiger partial charge on any atom is 0.133 e. The number of anilines is 2.